The molecule has 0 radical (unpaired) electrons. The van der Waals surface area contributed by atoms with Crippen LogP contribution in [0.5, 0.6) is 0 Å². The molecule has 2 aromatic carbocycles. The molecule has 2 heterocycles. The lowest BCUT2D eigenvalue weighted by atomic mass is 10.1. The van der Waals surface area contributed by atoms with Crippen molar-refractivity contribution in [3.63, 3.8) is 0 Å². The molecule has 1 unspecified atom stereocenters. The molecule has 0 spiro atoms. The van der Waals surface area contributed by atoms with E-state index >= 15 is 0 Å². The maximum atomic E-state index is 13.6. The van der Waals surface area contributed by atoms with Gasteiger partial charge in [-0.15, -0.1) is 0 Å². The molecule has 1 aliphatic carbocycles. The molecule has 1 atom stereocenters. The lowest BCUT2D eigenvalue weighted by molar-refractivity contribution is 0.0724. The zero-order valence-electron chi connectivity index (χ0n) is 17.0. The van der Waals surface area contributed by atoms with Crippen LogP contribution in [0, 0.1) is 0 Å². The summed E-state index contributed by atoms with van der Waals surface area (Å²) in [5, 5.41) is 0. The van der Waals surface area contributed by atoms with Gasteiger partial charge in [-0.25, -0.2) is 4.98 Å². The number of amides is 1. The van der Waals surface area contributed by atoms with Crippen molar-refractivity contribution in [2.24, 2.45) is 0 Å². The average Bonchev–Trinajstić information content (AvgIpc) is 3.27. The second-order valence-corrected chi connectivity index (χ2v) is 8.23. The molecule has 5 rings (SSSR count). The lowest BCUT2D eigenvalue weighted by Gasteiger charge is -2.25. The highest BCUT2D eigenvalue weighted by atomic mass is 16.2. The van der Waals surface area contributed by atoms with Gasteiger partial charge in [-0.1, -0.05) is 61.0 Å². The number of hydrogen-bond donors (Lipinski definition) is 0. The minimum atomic E-state index is 0.0551. The van der Waals surface area contributed by atoms with E-state index in [4.69, 9.17) is 4.98 Å². The van der Waals surface area contributed by atoms with Crippen molar-refractivity contribution < 1.29 is 4.79 Å². The van der Waals surface area contributed by atoms with Gasteiger partial charge in [0.25, 0.3) is 5.91 Å². The van der Waals surface area contributed by atoms with Crippen LogP contribution in [0.3, 0.4) is 0 Å². The van der Waals surface area contributed by atoms with Crippen LogP contribution in [-0.2, 0) is 19.4 Å². The number of rotatable bonds is 3. The van der Waals surface area contributed by atoms with Gasteiger partial charge >= 0.3 is 0 Å². The molecule has 4 heteroatoms. The maximum Gasteiger partial charge on any atom is 0.274 e. The topological polar surface area (TPSA) is 38.1 Å². The Hall–Kier alpha value is -2.88. The Labute approximate surface area is 172 Å². The fraction of sp³-hybridized carbons (Fsp3) is 0.360. The Balaban J connectivity index is 1.54. The summed E-state index contributed by atoms with van der Waals surface area (Å²) in [6.45, 7) is 0.940. The number of nitrogens with zero attached hydrogens (tertiary/aromatic N) is 3. The fourth-order valence-corrected chi connectivity index (χ4v) is 4.94. The van der Waals surface area contributed by atoms with Gasteiger partial charge in [-0.3, -0.25) is 4.79 Å². The SMILES string of the molecule is CN(C(=O)c1nc(-c2ccccc2)n2c1CCCCC2)C1CCc2ccccc21. The van der Waals surface area contributed by atoms with E-state index in [1.54, 1.807) is 0 Å². The van der Waals surface area contributed by atoms with Gasteiger partial charge in [-0.2, -0.15) is 0 Å². The number of hydrogen-bond acceptors (Lipinski definition) is 2. The number of fused-ring (bicyclic) bond motifs is 2. The molecular weight excluding hydrogens is 358 g/mol. The smallest absolute Gasteiger partial charge is 0.274 e. The molecular formula is C25H27N3O. The Morgan fingerprint density at radius 3 is 2.66 bits per heavy atom. The molecule has 1 amide bonds. The first kappa shape index (κ1) is 18.2. The van der Waals surface area contributed by atoms with Gasteiger partial charge in [0.1, 0.15) is 11.5 Å². The molecule has 29 heavy (non-hydrogen) atoms. The van der Waals surface area contributed by atoms with E-state index in [0.717, 1.165) is 55.7 Å². The summed E-state index contributed by atoms with van der Waals surface area (Å²) in [6, 6.07) is 18.9. The van der Waals surface area contributed by atoms with E-state index in [2.05, 4.69) is 41.0 Å². The third kappa shape index (κ3) is 3.17. The summed E-state index contributed by atoms with van der Waals surface area (Å²) in [5.74, 6) is 0.991. The highest BCUT2D eigenvalue weighted by Crippen LogP contribution is 2.36. The van der Waals surface area contributed by atoms with E-state index in [-0.39, 0.29) is 11.9 Å². The van der Waals surface area contributed by atoms with Gasteiger partial charge in [0.05, 0.1) is 11.7 Å². The van der Waals surface area contributed by atoms with Gasteiger partial charge < -0.3 is 9.47 Å². The van der Waals surface area contributed by atoms with Crippen LogP contribution in [0.2, 0.25) is 0 Å². The third-order valence-electron chi connectivity index (χ3n) is 6.49. The number of aromatic nitrogens is 2. The summed E-state index contributed by atoms with van der Waals surface area (Å²) in [4.78, 5) is 20.5. The fourth-order valence-electron chi connectivity index (χ4n) is 4.94. The Bertz CT molecular complexity index is 1040. The summed E-state index contributed by atoms with van der Waals surface area (Å²) < 4.78 is 2.30. The van der Waals surface area contributed by atoms with Crippen LogP contribution in [-0.4, -0.2) is 27.4 Å². The second-order valence-electron chi connectivity index (χ2n) is 8.23. The number of imidazole rings is 1. The van der Waals surface area contributed by atoms with Gasteiger partial charge in [0.2, 0.25) is 0 Å². The number of carbonyl (C=O) groups excluding carboxylic acids is 1. The molecule has 0 saturated carbocycles. The second kappa shape index (κ2) is 7.51. The summed E-state index contributed by atoms with van der Waals surface area (Å²) >= 11 is 0. The Morgan fingerprint density at radius 1 is 1.00 bits per heavy atom. The number of benzene rings is 2. The zero-order valence-corrected chi connectivity index (χ0v) is 17.0. The molecule has 0 saturated heterocycles. The summed E-state index contributed by atoms with van der Waals surface area (Å²) in [7, 11) is 1.94. The zero-order chi connectivity index (χ0) is 19.8. The molecule has 2 aliphatic rings. The average molecular weight is 386 g/mol. The van der Waals surface area contributed by atoms with Crippen molar-refractivity contribution in [2.75, 3.05) is 7.05 Å². The van der Waals surface area contributed by atoms with Crippen LogP contribution >= 0.6 is 0 Å². The van der Waals surface area contributed by atoms with Crippen molar-refractivity contribution in [2.45, 2.75) is 51.1 Å². The molecule has 0 bridgehead atoms. The Morgan fingerprint density at radius 2 is 1.79 bits per heavy atom. The minimum Gasteiger partial charge on any atom is -0.333 e. The normalized spacial score (nSPS) is 18.0. The van der Waals surface area contributed by atoms with E-state index in [0.29, 0.717) is 5.69 Å². The van der Waals surface area contributed by atoms with Gasteiger partial charge in [-0.05, 0) is 43.2 Å². The third-order valence-corrected chi connectivity index (χ3v) is 6.49. The van der Waals surface area contributed by atoms with Crippen molar-refractivity contribution in [1.82, 2.24) is 14.5 Å². The molecule has 0 fully saturated rings. The van der Waals surface area contributed by atoms with Gasteiger partial charge in [0, 0.05) is 19.2 Å². The van der Waals surface area contributed by atoms with Gasteiger partial charge in [0.15, 0.2) is 0 Å². The standard InChI is InChI=1S/C25H27N3O/c1-27(21-16-15-18-10-7-8-13-20(18)21)25(29)23-22-14-6-3-9-17-28(22)24(26-23)19-11-4-2-5-12-19/h2,4-5,7-8,10-13,21H,3,6,9,14-17H2,1H3. The molecule has 1 aliphatic heterocycles. The van der Waals surface area contributed by atoms with E-state index < -0.39 is 0 Å². The quantitative estimate of drug-likeness (QED) is 0.634. The Kier molecular flexibility index (Phi) is 4.70. The minimum absolute atomic E-state index is 0.0551. The first-order chi connectivity index (χ1) is 14.2. The first-order valence-corrected chi connectivity index (χ1v) is 10.7. The van der Waals surface area contributed by atoms with E-state index in [1.807, 2.05) is 30.1 Å². The molecule has 3 aromatic rings. The predicted octanol–water partition coefficient (Wildman–Crippen LogP) is 5.04. The predicted molar refractivity (Wildman–Crippen MR) is 115 cm³/mol. The molecule has 148 valence electrons. The monoisotopic (exact) mass is 385 g/mol. The highest BCUT2D eigenvalue weighted by molar-refractivity contribution is 5.94. The lowest BCUT2D eigenvalue weighted by Crippen LogP contribution is -2.31. The molecule has 1 aromatic heterocycles. The van der Waals surface area contributed by atoms with Crippen molar-refractivity contribution >= 4 is 5.91 Å². The van der Waals surface area contributed by atoms with Crippen LogP contribution in [0.15, 0.2) is 54.6 Å². The summed E-state index contributed by atoms with van der Waals surface area (Å²) in [5.41, 5.74) is 5.51. The molecule has 0 N–H and O–H groups in total. The van der Waals surface area contributed by atoms with Crippen molar-refractivity contribution in [1.29, 1.82) is 0 Å². The van der Waals surface area contributed by atoms with Crippen LogP contribution in [0.1, 0.15) is 59.0 Å². The van der Waals surface area contributed by atoms with Crippen LogP contribution in [0.25, 0.3) is 11.4 Å². The molecule has 4 nitrogen and oxygen atoms in total. The first-order valence-electron chi connectivity index (χ1n) is 10.7. The maximum absolute atomic E-state index is 13.6. The van der Waals surface area contributed by atoms with E-state index in [9.17, 15) is 4.79 Å². The van der Waals surface area contributed by atoms with E-state index in [1.165, 1.54) is 17.5 Å². The van der Waals surface area contributed by atoms with Crippen molar-refractivity contribution in [3.05, 3.63) is 77.1 Å². The van der Waals surface area contributed by atoms with Crippen LogP contribution in [0.4, 0.5) is 0 Å². The highest BCUT2D eigenvalue weighted by Gasteiger charge is 2.32. The summed E-state index contributed by atoms with van der Waals surface area (Å²) in [6.07, 6.45) is 6.42. The van der Waals surface area contributed by atoms with Crippen molar-refractivity contribution in [3.8, 4) is 11.4 Å². The number of carbonyl (C=O) groups is 1. The van der Waals surface area contributed by atoms with Crippen LogP contribution < -0.4 is 0 Å². The largest absolute Gasteiger partial charge is 0.333 e. The number of aryl methyl sites for hydroxylation is 1.